The molecule has 0 fully saturated rings. The number of carbonyl (C=O) groups excluding carboxylic acids is 1. The summed E-state index contributed by atoms with van der Waals surface area (Å²) >= 11 is 4.49. The summed E-state index contributed by atoms with van der Waals surface area (Å²) in [6.45, 7) is 6.04. The Morgan fingerprint density at radius 3 is 3.00 bits per heavy atom. The molecule has 1 aromatic heterocycles. The van der Waals surface area contributed by atoms with Gasteiger partial charge >= 0.3 is 0 Å². The van der Waals surface area contributed by atoms with Crippen molar-refractivity contribution in [1.29, 1.82) is 0 Å². The van der Waals surface area contributed by atoms with E-state index in [0.717, 1.165) is 5.57 Å². The molecule has 0 saturated heterocycles. The van der Waals surface area contributed by atoms with Crippen LogP contribution in [0, 0.1) is 0 Å². The van der Waals surface area contributed by atoms with E-state index in [0.29, 0.717) is 16.2 Å². The van der Waals surface area contributed by atoms with Gasteiger partial charge in [-0.2, -0.15) is 0 Å². The second-order valence-corrected chi connectivity index (χ2v) is 4.29. The SMILES string of the molecule is C=C(C)CNC(=O)c1nc(Br)cs1. The molecule has 0 saturated carbocycles. The van der Waals surface area contributed by atoms with Crippen molar-refractivity contribution in [3.8, 4) is 0 Å². The normalized spacial score (nSPS) is 9.69. The molecule has 0 radical (unpaired) electrons. The third-order valence-corrected chi connectivity index (χ3v) is 2.77. The molecule has 1 aromatic rings. The van der Waals surface area contributed by atoms with E-state index in [1.807, 2.05) is 6.92 Å². The van der Waals surface area contributed by atoms with E-state index in [4.69, 9.17) is 0 Å². The van der Waals surface area contributed by atoms with E-state index in [-0.39, 0.29) is 5.91 Å². The Bertz CT molecular complexity index is 335. The van der Waals surface area contributed by atoms with Crippen LogP contribution >= 0.6 is 27.3 Å². The molecule has 1 rings (SSSR count). The lowest BCUT2D eigenvalue weighted by molar-refractivity contribution is 0.0956. The van der Waals surface area contributed by atoms with Gasteiger partial charge in [0.15, 0.2) is 5.01 Å². The van der Waals surface area contributed by atoms with Crippen LogP contribution < -0.4 is 5.32 Å². The smallest absolute Gasteiger partial charge is 0.280 e. The van der Waals surface area contributed by atoms with Crippen molar-refractivity contribution in [2.75, 3.05) is 6.54 Å². The second kappa shape index (κ2) is 4.53. The number of rotatable bonds is 3. The third-order valence-electron chi connectivity index (χ3n) is 1.22. The largest absolute Gasteiger partial charge is 0.346 e. The van der Waals surface area contributed by atoms with Crippen LogP contribution in [0.2, 0.25) is 0 Å². The average Bonchev–Trinajstić information content (AvgIpc) is 2.47. The van der Waals surface area contributed by atoms with Gasteiger partial charge in [-0.3, -0.25) is 4.79 Å². The van der Waals surface area contributed by atoms with Gasteiger partial charge < -0.3 is 5.32 Å². The van der Waals surface area contributed by atoms with E-state index < -0.39 is 0 Å². The summed E-state index contributed by atoms with van der Waals surface area (Å²) in [6.07, 6.45) is 0. The quantitative estimate of drug-likeness (QED) is 0.847. The van der Waals surface area contributed by atoms with Crippen LogP contribution in [0.4, 0.5) is 0 Å². The van der Waals surface area contributed by atoms with Crippen LogP contribution in [-0.4, -0.2) is 17.4 Å². The summed E-state index contributed by atoms with van der Waals surface area (Å²) < 4.78 is 0.693. The van der Waals surface area contributed by atoms with Gasteiger partial charge in [0.1, 0.15) is 4.60 Å². The van der Waals surface area contributed by atoms with Crippen LogP contribution in [0.15, 0.2) is 22.1 Å². The van der Waals surface area contributed by atoms with Gasteiger partial charge in [0.25, 0.3) is 5.91 Å². The monoisotopic (exact) mass is 260 g/mol. The van der Waals surface area contributed by atoms with Gasteiger partial charge in [-0.05, 0) is 22.9 Å². The van der Waals surface area contributed by atoms with Crippen LogP contribution in [0.1, 0.15) is 16.7 Å². The van der Waals surface area contributed by atoms with Crippen LogP contribution in [0.5, 0.6) is 0 Å². The summed E-state index contributed by atoms with van der Waals surface area (Å²) in [6, 6.07) is 0. The molecular weight excluding hydrogens is 252 g/mol. The number of hydrogen-bond donors (Lipinski definition) is 1. The summed E-state index contributed by atoms with van der Waals surface area (Å²) in [7, 11) is 0. The lowest BCUT2D eigenvalue weighted by Crippen LogP contribution is -2.24. The molecule has 0 bridgehead atoms. The zero-order valence-corrected chi connectivity index (χ0v) is 9.54. The summed E-state index contributed by atoms with van der Waals surface area (Å²) in [5, 5.41) is 4.94. The molecule has 0 aromatic carbocycles. The number of nitrogens with one attached hydrogen (secondary N) is 1. The molecule has 1 N–H and O–H groups in total. The van der Waals surface area contributed by atoms with Crippen LogP contribution in [-0.2, 0) is 0 Å². The number of aromatic nitrogens is 1. The summed E-state index contributed by atoms with van der Waals surface area (Å²) in [4.78, 5) is 15.3. The zero-order chi connectivity index (χ0) is 9.84. The number of hydrogen-bond acceptors (Lipinski definition) is 3. The molecule has 70 valence electrons. The van der Waals surface area contributed by atoms with Gasteiger partial charge in [0.2, 0.25) is 0 Å². The molecule has 13 heavy (non-hydrogen) atoms. The van der Waals surface area contributed by atoms with Crippen molar-refractivity contribution in [1.82, 2.24) is 10.3 Å². The highest BCUT2D eigenvalue weighted by Gasteiger charge is 2.08. The van der Waals surface area contributed by atoms with Crippen molar-refractivity contribution < 1.29 is 4.79 Å². The Morgan fingerprint density at radius 1 is 1.85 bits per heavy atom. The summed E-state index contributed by atoms with van der Waals surface area (Å²) in [5.74, 6) is -0.154. The number of halogens is 1. The van der Waals surface area contributed by atoms with Gasteiger partial charge in [0.05, 0.1) is 0 Å². The van der Waals surface area contributed by atoms with E-state index in [2.05, 4.69) is 32.8 Å². The predicted molar refractivity (Wildman–Crippen MR) is 57.0 cm³/mol. The van der Waals surface area contributed by atoms with Crippen LogP contribution in [0.3, 0.4) is 0 Å². The number of nitrogens with zero attached hydrogens (tertiary/aromatic N) is 1. The van der Waals surface area contributed by atoms with Gasteiger partial charge in [-0.15, -0.1) is 11.3 Å². The lowest BCUT2D eigenvalue weighted by atomic mass is 10.3. The molecule has 5 heteroatoms. The molecule has 0 spiro atoms. The molecule has 3 nitrogen and oxygen atoms in total. The Hall–Kier alpha value is -0.680. The molecule has 0 aliphatic rings. The minimum atomic E-state index is -0.154. The van der Waals surface area contributed by atoms with E-state index in [1.54, 1.807) is 5.38 Å². The number of thiazole rings is 1. The highest BCUT2D eigenvalue weighted by molar-refractivity contribution is 9.10. The standard InChI is InChI=1S/C8H9BrN2OS/c1-5(2)3-10-7(12)8-11-6(9)4-13-8/h4H,1,3H2,2H3,(H,10,12). The molecule has 0 atom stereocenters. The Morgan fingerprint density at radius 2 is 2.54 bits per heavy atom. The average molecular weight is 261 g/mol. The minimum Gasteiger partial charge on any atom is -0.346 e. The van der Waals surface area contributed by atoms with Gasteiger partial charge in [-0.1, -0.05) is 12.2 Å². The molecule has 1 amide bonds. The van der Waals surface area contributed by atoms with E-state index in [1.165, 1.54) is 11.3 Å². The fourth-order valence-electron chi connectivity index (χ4n) is 0.665. The second-order valence-electron chi connectivity index (χ2n) is 2.62. The molecule has 0 aliphatic heterocycles. The van der Waals surface area contributed by atoms with Crippen molar-refractivity contribution in [3.05, 3.63) is 27.1 Å². The highest BCUT2D eigenvalue weighted by Crippen LogP contribution is 2.14. The Labute approximate surface area is 89.0 Å². The zero-order valence-electron chi connectivity index (χ0n) is 7.13. The maximum absolute atomic E-state index is 11.3. The first-order valence-corrected chi connectivity index (χ1v) is 5.30. The number of amides is 1. The minimum absolute atomic E-state index is 0.154. The van der Waals surface area contributed by atoms with E-state index >= 15 is 0 Å². The van der Waals surface area contributed by atoms with Crippen molar-refractivity contribution in [2.45, 2.75) is 6.92 Å². The van der Waals surface area contributed by atoms with Gasteiger partial charge in [-0.25, -0.2) is 4.98 Å². The summed E-state index contributed by atoms with van der Waals surface area (Å²) in [5.41, 5.74) is 0.920. The lowest BCUT2D eigenvalue weighted by Gasteiger charge is -2.00. The molecule has 0 unspecified atom stereocenters. The molecule has 1 heterocycles. The topological polar surface area (TPSA) is 42.0 Å². The predicted octanol–water partition coefficient (Wildman–Crippen LogP) is 2.21. The number of carbonyl (C=O) groups is 1. The van der Waals surface area contributed by atoms with E-state index in [9.17, 15) is 4.79 Å². The van der Waals surface area contributed by atoms with Crippen molar-refractivity contribution in [3.63, 3.8) is 0 Å². The fourth-order valence-corrected chi connectivity index (χ4v) is 1.83. The maximum atomic E-state index is 11.3. The molecule has 0 aliphatic carbocycles. The highest BCUT2D eigenvalue weighted by atomic mass is 79.9. The van der Waals surface area contributed by atoms with Gasteiger partial charge in [0, 0.05) is 11.9 Å². The van der Waals surface area contributed by atoms with Crippen LogP contribution in [0.25, 0.3) is 0 Å². The fraction of sp³-hybridized carbons (Fsp3) is 0.250. The first-order chi connectivity index (χ1) is 6.09. The first kappa shape index (κ1) is 10.4. The Kier molecular flexibility index (Phi) is 3.62. The Balaban J connectivity index is 2.54. The van der Waals surface area contributed by atoms with Crippen molar-refractivity contribution >= 4 is 33.2 Å². The van der Waals surface area contributed by atoms with Crippen molar-refractivity contribution in [2.24, 2.45) is 0 Å². The first-order valence-electron chi connectivity index (χ1n) is 3.63. The third kappa shape index (κ3) is 3.28. The molecular formula is C8H9BrN2OS. The maximum Gasteiger partial charge on any atom is 0.280 e.